The van der Waals surface area contributed by atoms with Gasteiger partial charge in [-0.25, -0.2) is 20.0 Å². The number of ether oxygens (including phenoxy) is 4. The van der Waals surface area contributed by atoms with E-state index in [1.54, 1.807) is 30.3 Å². The Bertz CT molecular complexity index is 2040. The van der Waals surface area contributed by atoms with Gasteiger partial charge in [0.05, 0.1) is 0 Å². The van der Waals surface area contributed by atoms with E-state index < -0.39 is 30.1 Å². The number of aliphatic imine (C=N–C) groups is 1. The Kier molecular flexibility index (Phi) is 16.9. The fourth-order valence-corrected chi connectivity index (χ4v) is 5.69. The van der Waals surface area contributed by atoms with Crippen molar-refractivity contribution in [2.75, 3.05) is 6.54 Å². The molecule has 0 aliphatic heterocycles. The number of hydrogen-bond acceptors (Lipinski definition) is 9. The average molecular weight is 789 g/mol. The first-order valence-electron chi connectivity index (χ1n) is 18.8. The van der Waals surface area contributed by atoms with Gasteiger partial charge in [-0.1, -0.05) is 127 Å². The molecule has 7 N–H and O–H groups in total. The fraction of sp³-hybridized carbons (Fsp3) is 0.227. The van der Waals surface area contributed by atoms with Crippen LogP contribution in [0, 0.1) is 5.21 Å². The van der Waals surface area contributed by atoms with E-state index in [0.29, 0.717) is 29.3 Å². The monoisotopic (exact) mass is 788 g/mol. The van der Waals surface area contributed by atoms with Gasteiger partial charge in [-0.3, -0.25) is 10.4 Å². The second-order valence-electron chi connectivity index (χ2n) is 13.1. The van der Waals surface area contributed by atoms with Crippen molar-refractivity contribution in [2.45, 2.75) is 57.8 Å². The lowest BCUT2D eigenvalue weighted by atomic mass is 10.0. The van der Waals surface area contributed by atoms with Crippen molar-refractivity contribution in [3.8, 4) is 11.5 Å². The lowest BCUT2D eigenvalue weighted by Crippen LogP contribution is -2.89. The summed E-state index contributed by atoms with van der Waals surface area (Å²) >= 11 is 0. The van der Waals surface area contributed by atoms with Gasteiger partial charge in [0.1, 0.15) is 38.5 Å². The van der Waals surface area contributed by atoms with Crippen molar-refractivity contribution in [1.29, 1.82) is 0 Å². The second kappa shape index (κ2) is 23.2. The maximum absolute atomic E-state index is 14.0. The number of carbonyl (C=O) groups is 3. The molecule has 14 nitrogen and oxygen atoms in total. The van der Waals surface area contributed by atoms with Crippen molar-refractivity contribution in [3.63, 3.8) is 0 Å². The van der Waals surface area contributed by atoms with Crippen molar-refractivity contribution in [3.05, 3.63) is 173 Å². The van der Waals surface area contributed by atoms with Crippen LogP contribution in [0.4, 0.5) is 4.79 Å². The Morgan fingerprint density at radius 2 is 1.14 bits per heavy atom. The van der Waals surface area contributed by atoms with Gasteiger partial charge in [-0.2, -0.15) is 0 Å². The molecule has 302 valence electrons. The molecular weight excluding hydrogens is 741 g/mol. The number of benzene rings is 5. The number of quaternary nitrogens is 1. The van der Waals surface area contributed by atoms with Crippen LogP contribution in [0.25, 0.3) is 0 Å². The molecule has 0 unspecified atom stereocenters. The van der Waals surface area contributed by atoms with Crippen LogP contribution in [0.15, 0.2) is 145 Å². The number of nitrogens with zero attached hydrogens (tertiary/aromatic N) is 1. The number of carbonyl (C=O) groups excluding carboxylic acids is 3. The molecule has 5 rings (SSSR count). The third kappa shape index (κ3) is 14.6. The number of guanidine groups is 1. The molecule has 0 heterocycles. The van der Waals surface area contributed by atoms with Gasteiger partial charge < -0.3 is 40.5 Å². The maximum Gasteiger partial charge on any atom is 0.408 e. The first kappa shape index (κ1) is 42.2. The van der Waals surface area contributed by atoms with E-state index in [2.05, 4.69) is 21.1 Å². The highest BCUT2D eigenvalue weighted by Gasteiger charge is 2.29. The molecule has 5 aromatic rings. The minimum absolute atomic E-state index is 0.0173. The highest BCUT2D eigenvalue weighted by molar-refractivity contribution is 5.89. The minimum atomic E-state index is -1.18. The van der Waals surface area contributed by atoms with Crippen LogP contribution >= 0.6 is 0 Å². The maximum atomic E-state index is 14.0. The first-order chi connectivity index (χ1) is 28.4. The molecule has 0 aromatic heterocycles. The van der Waals surface area contributed by atoms with Crippen molar-refractivity contribution < 1.29 is 38.9 Å². The van der Waals surface area contributed by atoms with Crippen molar-refractivity contribution >= 4 is 23.9 Å². The van der Waals surface area contributed by atoms with E-state index in [1.165, 1.54) is 0 Å². The molecule has 0 aliphatic carbocycles. The fourth-order valence-electron chi connectivity index (χ4n) is 5.69. The summed E-state index contributed by atoms with van der Waals surface area (Å²) in [4.78, 5) is 44.9. The predicted molar refractivity (Wildman–Crippen MR) is 218 cm³/mol. The molecule has 0 saturated carbocycles. The number of nitrogens with one attached hydrogen (secondary N) is 3. The summed E-state index contributed by atoms with van der Waals surface area (Å²) in [6.07, 6.45) is -0.429. The van der Waals surface area contributed by atoms with Gasteiger partial charge in [-0.05, 0) is 52.8 Å². The molecule has 0 bridgehead atoms. The summed E-state index contributed by atoms with van der Waals surface area (Å²) in [5.74, 6) is -0.470. The van der Waals surface area contributed by atoms with E-state index in [0.717, 1.165) is 22.3 Å². The van der Waals surface area contributed by atoms with E-state index in [1.807, 2.05) is 109 Å². The molecule has 0 saturated heterocycles. The summed E-state index contributed by atoms with van der Waals surface area (Å²) in [5.41, 5.74) is 12.4. The topological polar surface area (TPSA) is 202 Å². The highest BCUT2D eigenvalue weighted by Crippen LogP contribution is 2.31. The molecule has 58 heavy (non-hydrogen) atoms. The smallest absolute Gasteiger partial charge is 0.408 e. The molecule has 5 aromatic carbocycles. The van der Waals surface area contributed by atoms with Gasteiger partial charge in [-0.15, -0.1) is 0 Å². The molecule has 2 atom stereocenters. The Morgan fingerprint density at radius 1 is 0.621 bits per heavy atom. The molecule has 0 spiro atoms. The predicted octanol–water partition coefficient (Wildman–Crippen LogP) is 4.57. The Balaban J connectivity index is 1.36. The largest absolute Gasteiger partial charge is 0.609 e. The quantitative estimate of drug-likeness (QED) is 0.0175. The summed E-state index contributed by atoms with van der Waals surface area (Å²) in [5, 5.41) is 16.2. The Hall–Kier alpha value is -6.90. The number of nitrogens with two attached hydrogens (primary N) is 2. The zero-order valence-corrected chi connectivity index (χ0v) is 32.0. The summed E-state index contributed by atoms with van der Waals surface area (Å²) in [6, 6.07) is 40.7. The van der Waals surface area contributed by atoms with Crippen LogP contribution < -0.4 is 36.9 Å². The van der Waals surface area contributed by atoms with Gasteiger partial charge in [0.15, 0.2) is 11.5 Å². The van der Waals surface area contributed by atoms with Gasteiger partial charge in [0, 0.05) is 13.0 Å². The van der Waals surface area contributed by atoms with Crippen molar-refractivity contribution in [1.82, 2.24) is 16.1 Å². The lowest BCUT2D eigenvalue weighted by Gasteiger charge is -2.23. The van der Waals surface area contributed by atoms with E-state index in [4.69, 9.17) is 24.7 Å². The van der Waals surface area contributed by atoms with Crippen LogP contribution in [0.5, 0.6) is 11.5 Å². The zero-order valence-electron chi connectivity index (χ0n) is 32.0. The molecule has 0 radical (unpaired) electrons. The van der Waals surface area contributed by atoms with Crippen LogP contribution in [-0.2, 0) is 51.9 Å². The van der Waals surface area contributed by atoms with Crippen LogP contribution in [0.3, 0.4) is 0 Å². The zero-order chi connectivity index (χ0) is 40.8. The van der Waals surface area contributed by atoms with E-state index >= 15 is 0 Å². The first-order valence-corrected chi connectivity index (χ1v) is 18.8. The molecule has 0 fully saturated rings. The number of alkyl carbamates (subject to hydrolysis) is 1. The molecule has 14 heteroatoms. The van der Waals surface area contributed by atoms with Crippen LogP contribution in [0.2, 0.25) is 0 Å². The van der Waals surface area contributed by atoms with Gasteiger partial charge >= 0.3 is 12.1 Å². The number of hydrogen-bond donors (Lipinski definition) is 5. The summed E-state index contributed by atoms with van der Waals surface area (Å²) < 4.78 is 23.6. The third-order valence-corrected chi connectivity index (χ3v) is 8.71. The molecule has 0 aliphatic rings. The highest BCUT2D eigenvalue weighted by atomic mass is 16.6. The Morgan fingerprint density at radius 3 is 1.69 bits per heavy atom. The standard InChI is InChI=1S/C44H48N6O8/c45-43(49-50-54)46-25-13-22-37(48-44(53)58-31-35-20-11-4-12-21-35)41(51)47-38(42(52)57-30-34-18-9-3-10-19-34)26-36-23-24-39(55-28-32-14-5-1-6-15-32)40(27-36)56-29-33-16-7-2-8-17-33/h1-12,14-21,23-24,27,37-38H,13,22,25-26,28-31,50H2,(H,47,51)(H,48,53)(H3,45,46,49)/t37-,38-/m0/s1. The normalized spacial score (nSPS) is 12.1. The minimum Gasteiger partial charge on any atom is -0.609 e. The number of amides is 2. The molecule has 2 amide bonds. The number of rotatable bonds is 21. The van der Waals surface area contributed by atoms with Crippen LogP contribution in [0.1, 0.15) is 40.7 Å². The average Bonchev–Trinajstić information content (AvgIpc) is 3.26. The van der Waals surface area contributed by atoms with E-state index in [-0.39, 0.29) is 51.6 Å². The van der Waals surface area contributed by atoms with Crippen LogP contribution in [-0.4, -0.2) is 42.6 Å². The summed E-state index contributed by atoms with van der Waals surface area (Å²) in [6.45, 7) is 0.670. The molecular formula is C44H48N6O8. The van der Waals surface area contributed by atoms with Gasteiger partial charge in [0.2, 0.25) is 11.9 Å². The Labute approximate surface area is 337 Å². The summed E-state index contributed by atoms with van der Waals surface area (Å²) in [7, 11) is 0. The third-order valence-electron chi connectivity index (χ3n) is 8.71. The second-order valence-corrected chi connectivity index (χ2v) is 13.1. The van der Waals surface area contributed by atoms with Gasteiger partial charge in [0.25, 0.3) is 0 Å². The lowest BCUT2D eigenvalue weighted by molar-refractivity contribution is -0.633. The van der Waals surface area contributed by atoms with E-state index in [9.17, 15) is 19.6 Å². The van der Waals surface area contributed by atoms with Crippen molar-refractivity contribution in [2.24, 2.45) is 10.7 Å². The SMILES string of the molecule is NC(=NCCC[C@H](NC(=O)OCc1ccccc1)C(=O)N[C@@H](Cc1ccc(OCc2ccccc2)c(OCc2ccccc2)c1)C(=O)OCc1ccccc1)N[NH2+][O-]. The number of esters is 1.